The average Bonchev–Trinajstić information content (AvgIpc) is 3.93. The van der Waals surface area contributed by atoms with Gasteiger partial charge in [-0.3, -0.25) is 9.59 Å². The van der Waals surface area contributed by atoms with Crippen molar-refractivity contribution in [2.24, 2.45) is 11.8 Å². The maximum Gasteiger partial charge on any atom is 0.425 e. The van der Waals surface area contributed by atoms with Crippen LogP contribution in [0.2, 0.25) is 0 Å². The number of imidazole rings is 2. The molecule has 56 heavy (non-hydrogen) atoms. The molecule has 4 aromatic rings. The zero-order chi connectivity index (χ0) is 39.9. The summed E-state index contributed by atoms with van der Waals surface area (Å²) in [5.74, 6) is 0.480. The number of carbonyl (C=O) groups is 4. The Hall–Kier alpha value is -5.66. The van der Waals surface area contributed by atoms with Crippen molar-refractivity contribution in [3.05, 3.63) is 72.6 Å². The Balaban J connectivity index is 1.12. The number of ether oxygens (including phenoxy) is 2. The van der Waals surface area contributed by atoms with E-state index in [0.717, 1.165) is 96.7 Å². The van der Waals surface area contributed by atoms with Crippen LogP contribution in [0.3, 0.4) is 0 Å². The zero-order valence-electron chi connectivity index (χ0n) is 33.1. The number of nitrogens with zero attached hydrogens (tertiary/aromatic N) is 4. The number of hydrogen-bond donors (Lipinski definition) is 4. The highest BCUT2D eigenvalue weighted by molar-refractivity contribution is 5.83. The van der Waals surface area contributed by atoms with Crippen molar-refractivity contribution in [1.29, 1.82) is 0 Å². The fourth-order valence-electron chi connectivity index (χ4n) is 8.06. The lowest BCUT2D eigenvalue weighted by Crippen LogP contribution is -2.53. The largest absolute Gasteiger partial charge is 0.452 e. The molecule has 0 bridgehead atoms. The van der Waals surface area contributed by atoms with Crippen molar-refractivity contribution in [3.8, 4) is 33.6 Å². The molecule has 0 radical (unpaired) electrons. The molecule has 2 aromatic heterocycles. The number of aromatic amines is 2. The highest BCUT2D eigenvalue weighted by Crippen LogP contribution is 2.40. The number of hydrogen-bond acceptors (Lipinski definition) is 8. The molecule has 2 aliphatic carbocycles. The molecule has 4 N–H and O–H groups in total. The number of H-pyrrole nitrogens is 2. The number of carbonyl (C=O) groups excluding carboxylic acids is 4. The van der Waals surface area contributed by atoms with Gasteiger partial charge in [0.1, 0.15) is 11.6 Å². The van der Waals surface area contributed by atoms with E-state index in [4.69, 9.17) is 19.4 Å². The average molecular weight is 767 g/mol. The standard InChI is InChI=1S/C42H54N8O6/c1-25(2)49(47-41(53)55-5)39(51)33-13-9-7-11-31(33)37-43-23-35(45-37)29-19-15-27(16-20-29)28-17-21-30(22-18-28)36-24-44-38(46-36)32-12-8-10-14-34(32)40(52)50(26(3)4)48-42(54)56-6/h15-26,31-34H,7-14H2,1-6H3,(H,43,45)(H,44,46)(H,47,53)(H,48,54)/t31?,32?,33-,34?/m0/s1. The van der Waals surface area contributed by atoms with Crippen molar-refractivity contribution in [2.75, 3.05) is 14.2 Å². The van der Waals surface area contributed by atoms with Crippen LogP contribution in [0.1, 0.15) is 103 Å². The van der Waals surface area contributed by atoms with Crippen LogP contribution in [-0.4, -0.2) is 80.3 Å². The summed E-state index contributed by atoms with van der Waals surface area (Å²) in [5.41, 5.74) is 11.0. The van der Waals surface area contributed by atoms with Crippen LogP contribution >= 0.6 is 0 Å². The third-order valence-corrected chi connectivity index (χ3v) is 11.1. The van der Waals surface area contributed by atoms with Gasteiger partial charge in [0.2, 0.25) is 11.8 Å². The molecule has 2 aliphatic rings. The van der Waals surface area contributed by atoms with Crippen LogP contribution < -0.4 is 10.9 Å². The molecule has 4 atom stereocenters. The van der Waals surface area contributed by atoms with Crippen molar-refractivity contribution in [2.45, 2.75) is 103 Å². The van der Waals surface area contributed by atoms with Gasteiger partial charge in [-0.1, -0.05) is 74.2 Å². The third kappa shape index (κ3) is 8.90. The molecule has 2 fully saturated rings. The van der Waals surface area contributed by atoms with Gasteiger partial charge >= 0.3 is 12.2 Å². The topological polar surface area (TPSA) is 175 Å². The van der Waals surface area contributed by atoms with Crippen molar-refractivity contribution >= 4 is 24.0 Å². The molecule has 0 spiro atoms. The summed E-state index contributed by atoms with van der Waals surface area (Å²) in [7, 11) is 2.56. The first-order valence-electron chi connectivity index (χ1n) is 19.6. The lowest BCUT2D eigenvalue weighted by molar-refractivity contribution is -0.143. The van der Waals surface area contributed by atoms with Crippen LogP contribution in [0.4, 0.5) is 9.59 Å². The number of hydrazine groups is 2. The Labute approximate surface area is 328 Å². The Kier molecular flexibility index (Phi) is 12.8. The minimum absolute atomic E-state index is 0.0911. The van der Waals surface area contributed by atoms with E-state index < -0.39 is 12.2 Å². The van der Waals surface area contributed by atoms with E-state index in [1.807, 2.05) is 40.1 Å². The van der Waals surface area contributed by atoms with Gasteiger partial charge < -0.3 is 19.4 Å². The molecule has 2 saturated carbocycles. The molecule has 2 aromatic carbocycles. The minimum atomic E-state index is -0.669. The number of nitrogens with one attached hydrogen (secondary N) is 4. The highest BCUT2D eigenvalue weighted by atomic mass is 16.5. The first-order chi connectivity index (χ1) is 27.0. The summed E-state index contributed by atoms with van der Waals surface area (Å²) in [6.07, 6.45) is 9.30. The van der Waals surface area contributed by atoms with E-state index in [1.54, 1.807) is 0 Å². The molecular weight excluding hydrogens is 713 g/mol. The lowest BCUT2D eigenvalue weighted by atomic mass is 9.78. The van der Waals surface area contributed by atoms with Crippen LogP contribution in [-0.2, 0) is 19.1 Å². The van der Waals surface area contributed by atoms with Gasteiger partial charge in [-0.15, -0.1) is 0 Å². The molecule has 14 nitrogen and oxygen atoms in total. The summed E-state index contributed by atoms with van der Waals surface area (Å²) in [6, 6.07) is 16.1. The van der Waals surface area contributed by atoms with Gasteiger partial charge in [0.05, 0.1) is 38.0 Å². The molecule has 4 amide bonds. The molecular formula is C42H54N8O6. The molecule has 14 heteroatoms. The van der Waals surface area contributed by atoms with E-state index in [-0.39, 0.29) is 47.6 Å². The molecule has 0 saturated heterocycles. The number of benzene rings is 2. The fourth-order valence-corrected chi connectivity index (χ4v) is 8.06. The summed E-state index contributed by atoms with van der Waals surface area (Å²) < 4.78 is 9.51. The first-order valence-corrected chi connectivity index (χ1v) is 19.6. The Morgan fingerprint density at radius 2 is 0.929 bits per heavy atom. The Morgan fingerprint density at radius 1 is 0.589 bits per heavy atom. The van der Waals surface area contributed by atoms with Crippen LogP contribution in [0.25, 0.3) is 33.6 Å². The lowest BCUT2D eigenvalue weighted by Gasteiger charge is -2.35. The molecule has 3 unspecified atom stereocenters. The van der Waals surface area contributed by atoms with Gasteiger partial charge in [-0.25, -0.2) is 40.4 Å². The van der Waals surface area contributed by atoms with E-state index in [2.05, 4.69) is 69.4 Å². The Bertz CT molecular complexity index is 1830. The summed E-state index contributed by atoms with van der Waals surface area (Å²) in [4.78, 5) is 67.8. The summed E-state index contributed by atoms with van der Waals surface area (Å²) in [5, 5.41) is 2.76. The zero-order valence-corrected chi connectivity index (χ0v) is 33.1. The van der Waals surface area contributed by atoms with E-state index in [0.29, 0.717) is 0 Å². The fraction of sp³-hybridized carbons (Fsp3) is 0.476. The molecule has 298 valence electrons. The Morgan fingerprint density at radius 3 is 1.27 bits per heavy atom. The van der Waals surface area contributed by atoms with Gasteiger partial charge in [0, 0.05) is 35.8 Å². The monoisotopic (exact) mass is 766 g/mol. The number of aromatic nitrogens is 4. The predicted octanol–water partition coefficient (Wildman–Crippen LogP) is 7.70. The minimum Gasteiger partial charge on any atom is -0.452 e. The maximum absolute atomic E-state index is 13.7. The van der Waals surface area contributed by atoms with Crippen molar-refractivity contribution < 1.29 is 28.7 Å². The molecule has 0 aliphatic heterocycles. The first kappa shape index (κ1) is 40.0. The quantitative estimate of drug-likeness (QED) is 0.125. The van der Waals surface area contributed by atoms with Crippen LogP contribution in [0.5, 0.6) is 0 Å². The second-order valence-corrected chi connectivity index (χ2v) is 15.3. The van der Waals surface area contributed by atoms with Crippen molar-refractivity contribution in [3.63, 3.8) is 0 Å². The highest BCUT2D eigenvalue weighted by Gasteiger charge is 2.39. The predicted molar refractivity (Wildman–Crippen MR) is 211 cm³/mol. The third-order valence-electron chi connectivity index (χ3n) is 11.1. The maximum atomic E-state index is 13.7. The normalized spacial score (nSPS) is 19.6. The second-order valence-electron chi connectivity index (χ2n) is 15.3. The van der Waals surface area contributed by atoms with E-state index >= 15 is 0 Å². The van der Waals surface area contributed by atoms with Crippen molar-refractivity contribution in [1.82, 2.24) is 40.8 Å². The summed E-state index contributed by atoms with van der Waals surface area (Å²) in [6.45, 7) is 7.44. The number of methoxy groups -OCH3 is 2. The second kappa shape index (κ2) is 17.9. The van der Waals surface area contributed by atoms with Crippen LogP contribution in [0, 0.1) is 11.8 Å². The van der Waals surface area contributed by atoms with Gasteiger partial charge in [0.25, 0.3) is 0 Å². The number of amides is 4. The molecule has 2 heterocycles. The SMILES string of the molecule is COC(=O)NN(C(=O)C1CCCCC1c1ncc(-c2ccc(-c3ccc(-c4cnc(C5CCCC[C@@H]5C(=O)N(NC(=O)OC)C(C)C)[nH]4)cc3)cc2)[nH]1)C(C)C. The summed E-state index contributed by atoms with van der Waals surface area (Å²) >= 11 is 0. The van der Waals surface area contributed by atoms with Crippen LogP contribution in [0.15, 0.2) is 60.9 Å². The smallest absolute Gasteiger partial charge is 0.425 e. The van der Waals surface area contributed by atoms with E-state index in [1.165, 1.54) is 24.2 Å². The van der Waals surface area contributed by atoms with Gasteiger partial charge in [-0.05, 0) is 75.6 Å². The van der Waals surface area contributed by atoms with Gasteiger partial charge in [-0.2, -0.15) is 0 Å². The number of rotatable bonds is 9. The van der Waals surface area contributed by atoms with Gasteiger partial charge in [0.15, 0.2) is 0 Å². The molecule has 6 rings (SSSR count). The van der Waals surface area contributed by atoms with E-state index in [9.17, 15) is 19.2 Å².